The van der Waals surface area contributed by atoms with Crippen LogP contribution >= 0.6 is 22.9 Å². The zero-order chi connectivity index (χ0) is 25.2. The molecule has 1 aromatic heterocycles. The number of aryl methyl sites for hydroxylation is 2. The lowest BCUT2D eigenvalue weighted by molar-refractivity contribution is -0.135. The Hall–Kier alpha value is -2.83. The molecule has 36 heavy (non-hydrogen) atoms. The summed E-state index contributed by atoms with van der Waals surface area (Å²) in [6.07, 6.45) is 3.00. The largest absolute Gasteiger partial charge is 0.491 e. The van der Waals surface area contributed by atoms with Crippen LogP contribution in [0.25, 0.3) is 0 Å². The molecule has 188 valence electrons. The van der Waals surface area contributed by atoms with E-state index in [-0.39, 0.29) is 24.4 Å². The van der Waals surface area contributed by atoms with Crippen LogP contribution < -0.4 is 4.74 Å². The zero-order valence-corrected chi connectivity index (χ0v) is 22.3. The Labute approximate surface area is 221 Å². The van der Waals surface area contributed by atoms with Gasteiger partial charge in [-0.15, -0.1) is 11.3 Å². The number of carbonyl (C=O) groups excluding carboxylic acids is 2. The topological polar surface area (TPSA) is 49.9 Å². The van der Waals surface area contributed by atoms with E-state index in [0.29, 0.717) is 36.2 Å². The van der Waals surface area contributed by atoms with Crippen LogP contribution in [0, 0.1) is 19.8 Å². The summed E-state index contributed by atoms with van der Waals surface area (Å²) < 4.78 is 6.26. The SMILES string of the molecule is Cc1ccc(OC[C@@H]2c3ccsc3CCN2C(=O)CN(CC2CC2)C(=O)c2ccccc2Cl)c(C)c1. The Morgan fingerprint density at radius 2 is 1.94 bits per heavy atom. The first kappa shape index (κ1) is 24.8. The van der Waals surface area contributed by atoms with E-state index in [0.717, 1.165) is 36.1 Å². The van der Waals surface area contributed by atoms with Gasteiger partial charge in [-0.2, -0.15) is 0 Å². The van der Waals surface area contributed by atoms with Crippen molar-refractivity contribution < 1.29 is 14.3 Å². The first-order valence-corrected chi connectivity index (χ1v) is 13.8. The molecule has 0 bridgehead atoms. The summed E-state index contributed by atoms with van der Waals surface area (Å²) in [4.78, 5) is 32.0. The molecule has 0 saturated heterocycles. The van der Waals surface area contributed by atoms with Gasteiger partial charge in [-0.3, -0.25) is 9.59 Å². The van der Waals surface area contributed by atoms with Gasteiger partial charge in [-0.25, -0.2) is 0 Å². The van der Waals surface area contributed by atoms with Crippen molar-refractivity contribution in [3.63, 3.8) is 0 Å². The highest BCUT2D eigenvalue weighted by atomic mass is 35.5. The van der Waals surface area contributed by atoms with E-state index in [2.05, 4.69) is 24.4 Å². The van der Waals surface area contributed by atoms with Gasteiger partial charge in [-0.1, -0.05) is 41.4 Å². The second-order valence-corrected chi connectivity index (χ2v) is 11.2. The number of amides is 2. The smallest absolute Gasteiger partial charge is 0.255 e. The van der Waals surface area contributed by atoms with Gasteiger partial charge in [0.2, 0.25) is 5.91 Å². The minimum atomic E-state index is -0.189. The quantitative estimate of drug-likeness (QED) is 0.360. The van der Waals surface area contributed by atoms with E-state index < -0.39 is 0 Å². The second-order valence-electron chi connectivity index (χ2n) is 9.84. The molecule has 1 aliphatic heterocycles. The molecule has 3 aromatic rings. The molecule has 1 saturated carbocycles. The highest BCUT2D eigenvalue weighted by molar-refractivity contribution is 7.10. The minimum Gasteiger partial charge on any atom is -0.491 e. The first-order valence-electron chi connectivity index (χ1n) is 12.5. The summed E-state index contributed by atoms with van der Waals surface area (Å²) >= 11 is 8.06. The number of ether oxygens (including phenoxy) is 1. The van der Waals surface area contributed by atoms with Gasteiger partial charge in [0.15, 0.2) is 0 Å². The average molecular weight is 523 g/mol. The molecule has 1 aliphatic carbocycles. The van der Waals surface area contributed by atoms with Gasteiger partial charge in [-0.05, 0) is 79.8 Å². The minimum absolute atomic E-state index is 0.0418. The number of benzene rings is 2. The van der Waals surface area contributed by atoms with Crippen LogP contribution in [-0.2, 0) is 11.2 Å². The number of hydrogen-bond acceptors (Lipinski definition) is 4. The van der Waals surface area contributed by atoms with Crippen LogP contribution in [0.3, 0.4) is 0 Å². The third-order valence-electron chi connectivity index (χ3n) is 7.04. The van der Waals surface area contributed by atoms with Crippen LogP contribution in [-0.4, -0.2) is 47.9 Å². The molecule has 2 aromatic carbocycles. The molecule has 0 N–H and O–H groups in total. The highest BCUT2D eigenvalue weighted by Gasteiger charge is 2.35. The predicted octanol–water partition coefficient (Wildman–Crippen LogP) is 6.08. The predicted molar refractivity (Wildman–Crippen MR) is 144 cm³/mol. The van der Waals surface area contributed by atoms with Gasteiger partial charge < -0.3 is 14.5 Å². The van der Waals surface area contributed by atoms with Crippen molar-refractivity contribution in [2.45, 2.75) is 39.2 Å². The van der Waals surface area contributed by atoms with Crippen LogP contribution in [0.1, 0.15) is 50.8 Å². The maximum Gasteiger partial charge on any atom is 0.255 e. The van der Waals surface area contributed by atoms with E-state index in [1.165, 1.54) is 10.4 Å². The Morgan fingerprint density at radius 1 is 1.14 bits per heavy atom. The second kappa shape index (κ2) is 10.7. The first-order chi connectivity index (χ1) is 17.4. The number of fused-ring (bicyclic) bond motifs is 1. The molecule has 1 fully saturated rings. The Balaban J connectivity index is 1.36. The number of carbonyl (C=O) groups is 2. The average Bonchev–Trinajstić information content (AvgIpc) is 3.55. The van der Waals surface area contributed by atoms with E-state index in [1.54, 1.807) is 34.4 Å². The van der Waals surface area contributed by atoms with Crippen LogP contribution in [0.4, 0.5) is 0 Å². The molecule has 1 atom stereocenters. The molecule has 0 radical (unpaired) electrons. The van der Waals surface area contributed by atoms with E-state index in [1.807, 2.05) is 30.0 Å². The lowest BCUT2D eigenvalue weighted by Crippen LogP contribution is -2.48. The Morgan fingerprint density at radius 3 is 2.69 bits per heavy atom. The maximum absolute atomic E-state index is 13.7. The Kier molecular flexibility index (Phi) is 7.35. The molecule has 0 spiro atoms. The summed E-state index contributed by atoms with van der Waals surface area (Å²) in [5, 5.41) is 2.50. The molecule has 2 aliphatic rings. The van der Waals surface area contributed by atoms with Crippen molar-refractivity contribution >= 4 is 34.8 Å². The third kappa shape index (κ3) is 5.45. The van der Waals surface area contributed by atoms with Crippen molar-refractivity contribution in [1.29, 1.82) is 0 Å². The fourth-order valence-electron chi connectivity index (χ4n) is 4.90. The number of thiophene rings is 1. The van der Waals surface area contributed by atoms with Gasteiger partial charge in [0.1, 0.15) is 18.9 Å². The van der Waals surface area contributed by atoms with E-state index >= 15 is 0 Å². The summed E-state index contributed by atoms with van der Waals surface area (Å²) in [6, 6.07) is 15.1. The maximum atomic E-state index is 13.7. The summed E-state index contributed by atoms with van der Waals surface area (Å²) in [5.74, 6) is 1.05. The molecule has 2 heterocycles. The number of nitrogens with zero attached hydrogens (tertiary/aromatic N) is 2. The lowest BCUT2D eigenvalue weighted by atomic mass is 10.00. The molecular weight excluding hydrogens is 492 g/mol. The zero-order valence-electron chi connectivity index (χ0n) is 20.7. The van der Waals surface area contributed by atoms with Crippen LogP contribution in [0.2, 0.25) is 5.02 Å². The van der Waals surface area contributed by atoms with Crippen LogP contribution in [0.5, 0.6) is 5.75 Å². The summed E-state index contributed by atoms with van der Waals surface area (Å²) in [6.45, 7) is 5.72. The van der Waals surface area contributed by atoms with E-state index in [4.69, 9.17) is 16.3 Å². The van der Waals surface area contributed by atoms with Gasteiger partial charge in [0, 0.05) is 18.0 Å². The number of halogens is 1. The number of rotatable bonds is 8. The molecule has 2 amide bonds. The molecule has 5 rings (SSSR count). The monoisotopic (exact) mass is 522 g/mol. The van der Waals surface area contributed by atoms with Gasteiger partial charge in [0.05, 0.1) is 16.6 Å². The molecule has 0 unspecified atom stereocenters. The standard InChI is InChI=1S/C29H31ClN2O3S/c1-19-7-10-26(20(2)15-19)35-18-25-23-12-14-36-27(23)11-13-32(25)28(33)17-31(16-21-8-9-21)29(34)22-5-3-4-6-24(22)30/h3-7,10,12,14-15,21,25H,8-9,11,13,16-18H2,1-2H3/t25-/m1/s1. The summed E-state index contributed by atoms with van der Waals surface area (Å²) in [5.41, 5.74) is 3.86. The summed E-state index contributed by atoms with van der Waals surface area (Å²) in [7, 11) is 0. The van der Waals surface area contributed by atoms with Crippen LogP contribution in [0.15, 0.2) is 53.9 Å². The lowest BCUT2D eigenvalue weighted by Gasteiger charge is -2.37. The van der Waals surface area contributed by atoms with Crippen molar-refractivity contribution in [2.75, 3.05) is 26.2 Å². The molecular formula is C29H31ClN2O3S. The van der Waals surface area contributed by atoms with Gasteiger partial charge in [0.25, 0.3) is 5.91 Å². The van der Waals surface area contributed by atoms with E-state index in [9.17, 15) is 9.59 Å². The Bertz CT molecular complexity index is 1270. The normalized spacial score (nSPS) is 17.0. The highest BCUT2D eigenvalue weighted by Crippen LogP contribution is 2.35. The third-order valence-corrected chi connectivity index (χ3v) is 8.36. The van der Waals surface area contributed by atoms with Crippen molar-refractivity contribution in [3.8, 4) is 5.75 Å². The fraction of sp³-hybridized carbons (Fsp3) is 0.379. The molecule has 5 nitrogen and oxygen atoms in total. The molecule has 7 heteroatoms. The fourth-order valence-corrected chi connectivity index (χ4v) is 6.04. The number of hydrogen-bond donors (Lipinski definition) is 0. The van der Waals surface area contributed by atoms with Crippen molar-refractivity contribution in [2.24, 2.45) is 5.92 Å². The van der Waals surface area contributed by atoms with Crippen molar-refractivity contribution in [3.05, 3.63) is 86.1 Å². The van der Waals surface area contributed by atoms with Crippen molar-refractivity contribution in [1.82, 2.24) is 9.80 Å². The van der Waals surface area contributed by atoms with Gasteiger partial charge >= 0.3 is 0 Å².